The van der Waals surface area contributed by atoms with E-state index in [1.807, 2.05) is 0 Å². The highest BCUT2D eigenvalue weighted by atomic mass is 35.5. The number of aromatic nitrogens is 2. The van der Waals surface area contributed by atoms with Gasteiger partial charge in [-0.15, -0.1) is 0 Å². The highest BCUT2D eigenvalue weighted by Crippen LogP contribution is 2.22. The quantitative estimate of drug-likeness (QED) is 0.719. The van der Waals surface area contributed by atoms with Crippen LogP contribution in [0.3, 0.4) is 0 Å². The molecule has 0 aliphatic rings. The molecular formula is C16H10Cl2N4O3. The molecule has 0 atom stereocenters. The van der Waals surface area contributed by atoms with Crippen molar-refractivity contribution in [1.29, 1.82) is 0 Å². The summed E-state index contributed by atoms with van der Waals surface area (Å²) in [5.41, 5.74) is 0.492. The molecule has 0 saturated heterocycles. The molecule has 2 N–H and O–H groups in total. The molecule has 0 spiro atoms. The number of benzene rings is 2. The summed E-state index contributed by atoms with van der Waals surface area (Å²) in [6.45, 7) is 0. The van der Waals surface area contributed by atoms with E-state index >= 15 is 0 Å². The number of rotatable bonds is 4. The molecule has 9 heteroatoms. The normalized spacial score (nSPS) is 10.3. The third kappa shape index (κ3) is 3.78. The topological polar surface area (TPSA) is 97.1 Å². The van der Waals surface area contributed by atoms with E-state index < -0.39 is 11.8 Å². The third-order valence-electron chi connectivity index (χ3n) is 3.19. The molecule has 0 bridgehead atoms. The molecule has 25 heavy (non-hydrogen) atoms. The highest BCUT2D eigenvalue weighted by Gasteiger charge is 2.19. The third-order valence-corrected chi connectivity index (χ3v) is 3.85. The number of hydrogen-bond acceptors (Lipinski definition) is 5. The maximum atomic E-state index is 12.3. The fourth-order valence-electron chi connectivity index (χ4n) is 1.99. The average Bonchev–Trinajstić information content (AvgIpc) is 3.02. The zero-order chi connectivity index (χ0) is 17.8. The largest absolute Gasteiger partial charge is 0.300 e. The highest BCUT2D eigenvalue weighted by molar-refractivity contribution is 6.35. The van der Waals surface area contributed by atoms with Gasteiger partial charge in [-0.1, -0.05) is 47.5 Å². The Labute approximate surface area is 151 Å². The summed E-state index contributed by atoms with van der Waals surface area (Å²) in [6.07, 6.45) is 0. The summed E-state index contributed by atoms with van der Waals surface area (Å²) in [7, 11) is 0. The van der Waals surface area contributed by atoms with Crippen molar-refractivity contribution in [2.75, 3.05) is 10.6 Å². The van der Waals surface area contributed by atoms with Gasteiger partial charge >= 0.3 is 0 Å². The number of carbonyl (C=O) groups is 2. The van der Waals surface area contributed by atoms with Gasteiger partial charge in [0.05, 0.1) is 21.2 Å². The molecule has 0 radical (unpaired) electrons. The Bertz CT molecular complexity index is 868. The molecule has 0 aliphatic carbocycles. The SMILES string of the molecule is O=C(Nc1nonc1NC(=O)c1ccccc1Cl)c1ccccc1Cl. The molecule has 126 valence electrons. The Morgan fingerprint density at radius 3 is 1.56 bits per heavy atom. The van der Waals surface area contributed by atoms with E-state index in [1.165, 1.54) is 0 Å². The van der Waals surface area contributed by atoms with Crippen LogP contribution in [0.25, 0.3) is 0 Å². The van der Waals surface area contributed by atoms with Gasteiger partial charge in [0.25, 0.3) is 11.8 Å². The van der Waals surface area contributed by atoms with Gasteiger partial charge in [-0.25, -0.2) is 4.63 Å². The fraction of sp³-hybridized carbons (Fsp3) is 0. The van der Waals surface area contributed by atoms with Crippen molar-refractivity contribution < 1.29 is 14.2 Å². The molecule has 1 aromatic heterocycles. The van der Waals surface area contributed by atoms with Crippen LogP contribution in [-0.4, -0.2) is 22.1 Å². The lowest BCUT2D eigenvalue weighted by Gasteiger charge is -2.06. The second-order valence-corrected chi connectivity index (χ2v) is 5.64. The van der Waals surface area contributed by atoms with Crippen LogP contribution in [0.4, 0.5) is 11.6 Å². The van der Waals surface area contributed by atoms with Gasteiger partial charge in [0, 0.05) is 0 Å². The summed E-state index contributed by atoms with van der Waals surface area (Å²) in [4.78, 5) is 24.5. The summed E-state index contributed by atoms with van der Waals surface area (Å²) in [6, 6.07) is 13.0. The minimum absolute atomic E-state index is 0.0506. The van der Waals surface area contributed by atoms with Crippen molar-refractivity contribution in [2.24, 2.45) is 0 Å². The first kappa shape index (κ1) is 16.9. The van der Waals surface area contributed by atoms with Gasteiger partial charge in [-0.3, -0.25) is 9.59 Å². The molecule has 0 unspecified atom stereocenters. The Kier molecular flexibility index (Phi) is 4.97. The van der Waals surface area contributed by atoms with E-state index in [0.29, 0.717) is 0 Å². The van der Waals surface area contributed by atoms with Crippen LogP contribution in [0, 0.1) is 0 Å². The van der Waals surface area contributed by atoms with Gasteiger partial charge < -0.3 is 10.6 Å². The Morgan fingerprint density at radius 2 is 1.16 bits per heavy atom. The summed E-state index contributed by atoms with van der Waals surface area (Å²) < 4.78 is 4.58. The Hall–Kier alpha value is -2.90. The first-order valence-electron chi connectivity index (χ1n) is 7.00. The van der Waals surface area contributed by atoms with E-state index in [-0.39, 0.29) is 32.8 Å². The summed E-state index contributed by atoms with van der Waals surface area (Å²) in [5.74, 6) is -1.14. The molecule has 0 saturated carbocycles. The number of hydrogen-bond donors (Lipinski definition) is 2. The molecule has 0 fully saturated rings. The maximum Gasteiger partial charge on any atom is 0.258 e. The van der Waals surface area contributed by atoms with E-state index in [0.717, 1.165) is 0 Å². The molecular weight excluding hydrogens is 367 g/mol. The van der Waals surface area contributed by atoms with Crippen LogP contribution >= 0.6 is 23.2 Å². The first-order valence-corrected chi connectivity index (χ1v) is 7.76. The Balaban J connectivity index is 1.77. The van der Waals surface area contributed by atoms with Crippen molar-refractivity contribution in [3.8, 4) is 0 Å². The van der Waals surface area contributed by atoms with Crippen LogP contribution in [0.5, 0.6) is 0 Å². The second-order valence-electron chi connectivity index (χ2n) is 4.83. The van der Waals surface area contributed by atoms with Crippen molar-refractivity contribution >= 4 is 46.7 Å². The molecule has 2 aromatic carbocycles. The zero-order valence-corrected chi connectivity index (χ0v) is 14.0. The van der Waals surface area contributed by atoms with Crippen molar-refractivity contribution in [1.82, 2.24) is 10.3 Å². The molecule has 3 aromatic rings. The molecule has 1 heterocycles. The predicted octanol–water partition coefficient (Wildman–Crippen LogP) is 3.88. The minimum atomic E-state index is -0.519. The molecule has 7 nitrogen and oxygen atoms in total. The summed E-state index contributed by atoms with van der Waals surface area (Å²) >= 11 is 12.0. The first-order chi connectivity index (χ1) is 12.1. The van der Waals surface area contributed by atoms with Gasteiger partial charge in [-0.05, 0) is 34.6 Å². The van der Waals surface area contributed by atoms with E-state index in [2.05, 4.69) is 25.6 Å². The number of anilines is 2. The number of halogens is 2. The van der Waals surface area contributed by atoms with E-state index in [1.54, 1.807) is 48.5 Å². The molecule has 3 rings (SSSR count). The molecule has 0 aliphatic heterocycles. The van der Waals surface area contributed by atoms with E-state index in [4.69, 9.17) is 23.2 Å². The fourth-order valence-corrected chi connectivity index (χ4v) is 2.44. The Morgan fingerprint density at radius 1 is 0.760 bits per heavy atom. The minimum Gasteiger partial charge on any atom is -0.300 e. The standard InChI is InChI=1S/C16H10Cl2N4O3/c17-11-7-3-1-5-9(11)15(23)19-13-14(22-25-21-13)20-16(24)10-6-2-4-8-12(10)18/h1-8H,(H,19,21,23)(H,20,22,24). The van der Waals surface area contributed by atoms with Crippen molar-refractivity contribution in [2.45, 2.75) is 0 Å². The van der Waals surface area contributed by atoms with Crippen LogP contribution in [0.1, 0.15) is 20.7 Å². The number of nitrogens with one attached hydrogen (secondary N) is 2. The lowest BCUT2D eigenvalue weighted by atomic mass is 10.2. The van der Waals surface area contributed by atoms with E-state index in [9.17, 15) is 9.59 Å². The predicted molar refractivity (Wildman–Crippen MR) is 93.1 cm³/mol. The lowest BCUT2D eigenvalue weighted by Crippen LogP contribution is -2.17. The molecule has 2 amide bonds. The second kappa shape index (κ2) is 7.33. The van der Waals surface area contributed by atoms with Crippen LogP contribution < -0.4 is 10.6 Å². The monoisotopic (exact) mass is 376 g/mol. The van der Waals surface area contributed by atoms with Crippen molar-refractivity contribution in [3.05, 3.63) is 69.7 Å². The van der Waals surface area contributed by atoms with Crippen molar-refractivity contribution in [3.63, 3.8) is 0 Å². The van der Waals surface area contributed by atoms with Gasteiger partial charge in [0.15, 0.2) is 0 Å². The van der Waals surface area contributed by atoms with Crippen LogP contribution in [0.15, 0.2) is 53.2 Å². The summed E-state index contributed by atoms with van der Waals surface area (Å²) in [5, 5.41) is 12.7. The maximum absolute atomic E-state index is 12.3. The van der Waals surface area contributed by atoms with Gasteiger partial charge in [0.2, 0.25) is 11.6 Å². The number of nitrogens with zero attached hydrogens (tertiary/aromatic N) is 2. The number of amides is 2. The van der Waals surface area contributed by atoms with Crippen LogP contribution in [-0.2, 0) is 0 Å². The lowest BCUT2D eigenvalue weighted by molar-refractivity contribution is 0.101. The average molecular weight is 377 g/mol. The van der Waals surface area contributed by atoms with Crippen LogP contribution in [0.2, 0.25) is 10.0 Å². The van der Waals surface area contributed by atoms with Gasteiger partial charge in [-0.2, -0.15) is 0 Å². The smallest absolute Gasteiger partial charge is 0.258 e. The number of carbonyl (C=O) groups excluding carboxylic acids is 2. The van der Waals surface area contributed by atoms with Gasteiger partial charge in [0.1, 0.15) is 0 Å². The zero-order valence-electron chi connectivity index (χ0n) is 12.5.